The summed E-state index contributed by atoms with van der Waals surface area (Å²) < 4.78 is 85.4. The van der Waals surface area contributed by atoms with E-state index in [0.717, 1.165) is 31.5 Å². The number of ether oxygens (including phenoxy) is 1. The third kappa shape index (κ3) is 6.39. The van der Waals surface area contributed by atoms with Crippen molar-refractivity contribution in [1.82, 2.24) is 10.2 Å². The first-order chi connectivity index (χ1) is 17.0. The Morgan fingerprint density at radius 3 is 2.11 bits per heavy atom. The molecule has 2 aromatic rings. The van der Waals surface area contributed by atoms with Crippen LogP contribution in [0.5, 0.6) is 0 Å². The SMILES string of the molecule is O=C(C1CCNCC1)N1CC[C@H](OCc2cc(C(F)(F)F)cc(C(F)(F)F)c2)[C@H](c2ccccc2)C1. The fourth-order valence-electron chi connectivity index (χ4n) is 4.98. The van der Waals surface area contributed by atoms with Crippen LogP contribution in [0.15, 0.2) is 48.5 Å². The second-order valence-electron chi connectivity index (χ2n) is 9.38. The van der Waals surface area contributed by atoms with Gasteiger partial charge in [-0.3, -0.25) is 4.79 Å². The second kappa shape index (κ2) is 10.8. The highest BCUT2D eigenvalue weighted by atomic mass is 19.4. The van der Waals surface area contributed by atoms with Gasteiger partial charge in [0.05, 0.1) is 23.8 Å². The van der Waals surface area contributed by atoms with Gasteiger partial charge in [-0.15, -0.1) is 0 Å². The monoisotopic (exact) mass is 514 g/mol. The third-order valence-corrected chi connectivity index (χ3v) is 6.89. The second-order valence-corrected chi connectivity index (χ2v) is 9.38. The van der Waals surface area contributed by atoms with Crippen LogP contribution >= 0.6 is 0 Å². The van der Waals surface area contributed by atoms with E-state index in [1.807, 2.05) is 35.2 Å². The minimum absolute atomic E-state index is 0.0500. The van der Waals surface area contributed by atoms with Crippen LogP contribution < -0.4 is 5.32 Å². The van der Waals surface area contributed by atoms with Gasteiger partial charge in [0.2, 0.25) is 5.91 Å². The van der Waals surface area contributed by atoms with Crippen molar-refractivity contribution >= 4 is 5.91 Å². The summed E-state index contributed by atoms with van der Waals surface area (Å²) in [7, 11) is 0. The van der Waals surface area contributed by atoms with Crippen molar-refractivity contribution in [2.24, 2.45) is 5.92 Å². The lowest BCUT2D eigenvalue weighted by molar-refractivity contribution is -0.143. The van der Waals surface area contributed by atoms with Gasteiger partial charge in [-0.2, -0.15) is 26.3 Å². The molecule has 2 heterocycles. The molecule has 1 N–H and O–H groups in total. The van der Waals surface area contributed by atoms with E-state index in [9.17, 15) is 31.1 Å². The van der Waals surface area contributed by atoms with E-state index in [0.29, 0.717) is 31.6 Å². The zero-order valence-corrected chi connectivity index (χ0v) is 19.5. The van der Waals surface area contributed by atoms with Crippen LogP contribution in [-0.2, 0) is 28.5 Å². The summed E-state index contributed by atoms with van der Waals surface area (Å²) in [6, 6.07) is 10.8. The summed E-state index contributed by atoms with van der Waals surface area (Å²) in [6.45, 7) is 1.98. The largest absolute Gasteiger partial charge is 0.416 e. The van der Waals surface area contributed by atoms with Crippen molar-refractivity contribution in [3.8, 4) is 0 Å². The van der Waals surface area contributed by atoms with Crippen molar-refractivity contribution in [3.05, 3.63) is 70.8 Å². The predicted molar refractivity (Wildman–Crippen MR) is 121 cm³/mol. The van der Waals surface area contributed by atoms with Gasteiger partial charge in [0.25, 0.3) is 0 Å². The highest BCUT2D eigenvalue weighted by molar-refractivity contribution is 5.79. The Balaban J connectivity index is 1.52. The van der Waals surface area contributed by atoms with E-state index >= 15 is 0 Å². The molecule has 2 atom stereocenters. The molecule has 0 radical (unpaired) electrons. The number of hydrogen-bond donors (Lipinski definition) is 1. The van der Waals surface area contributed by atoms with Gasteiger partial charge in [-0.1, -0.05) is 30.3 Å². The van der Waals surface area contributed by atoms with Crippen LogP contribution in [0, 0.1) is 5.92 Å². The minimum atomic E-state index is -4.91. The number of benzene rings is 2. The maximum Gasteiger partial charge on any atom is 0.416 e. The Bertz CT molecular complexity index is 1000. The lowest BCUT2D eigenvalue weighted by atomic mass is 9.86. The summed E-state index contributed by atoms with van der Waals surface area (Å²) in [4.78, 5) is 14.9. The first kappa shape index (κ1) is 26.5. The molecule has 36 heavy (non-hydrogen) atoms. The van der Waals surface area contributed by atoms with Crippen LogP contribution in [0.25, 0.3) is 0 Å². The normalized spacial score (nSPS) is 22.0. The molecule has 2 aliphatic rings. The molecule has 2 saturated heterocycles. The molecule has 0 bridgehead atoms. The van der Waals surface area contributed by atoms with Crippen LogP contribution in [-0.4, -0.2) is 43.1 Å². The third-order valence-electron chi connectivity index (χ3n) is 6.89. The van der Waals surface area contributed by atoms with Crippen molar-refractivity contribution in [1.29, 1.82) is 0 Å². The number of carbonyl (C=O) groups excluding carboxylic acids is 1. The predicted octanol–water partition coefficient (Wildman–Crippen LogP) is 5.63. The summed E-state index contributed by atoms with van der Waals surface area (Å²) in [5.74, 6) is -0.215. The lowest BCUT2D eigenvalue weighted by Crippen LogP contribution is -2.49. The maximum absolute atomic E-state index is 13.2. The van der Waals surface area contributed by atoms with Gasteiger partial charge in [0, 0.05) is 24.9 Å². The number of alkyl halides is 6. The molecule has 0 aliphatic carbocycles. The van der Waals surface area contributed by atoms with E-state index < -0.39 is 36.2 Å². The summed E-state index contributed by atoms with van der Waals surface area (Å²) >= 11 is 0. The number of likely N-dealkylation sites (tertiary alicyclic amines) is 1. The van der Waals surface area contributed by atoms with E-state index in [1.54, 1.807) is 0 Å². The van der Waals surface area contributed by atoms with Gasteiger partial charge < -0.3 is 15.0 Å². The molecule has 1 amide bonds. The van der Waals surface area contributed by atoms with Crippen LogP contribution in [0.4, 0.5) is 26.3 Å². The molecule has 0 unspecified atom stereocenters. The number of piperidine rings is 2. The van der Waals surface area contributed by atoms with Crippen LogP contribution in [0.1, 0.15) is 47.4 Å². The number of nitrogens with one attached hydrogen (secondary N) is 1. The molecular formula is C26H28F6N2O2. The Labute approximate surface area is 205 Å². The highest BCUT2D eigenvalue weighted by Gasteiger charge is 2.38. The number of nitrogens with zero attached hydrogens (tertiary/aromatic N) is 1. The minimum Gasteiger partial charge on any atom is -0.373 e. The standard InChI is InChI=1S/C26H28F6N2O2/c27-25(28,29)20-12-17(13-21(14-20)26(30,31)32)16-36-23-8-11-34(24(35)19-6-9-33-10-7-19)15-22(23)18-4-2-1-3-5-18/h1-5,12-14,19,22-23,33H,6-11,15-16H2/t22-,23-/m0/s1. The molecule has 10 heteroatoms. The molecule has 4 nitrogen and oxygen atoms in total. The van der Waals surface area contributed by atoms with Gasteiger partial charge >= 0.3 is 12.4 Å². The van der Waals surface area contributed by atoms with E-state index in [4.69, 9.17) is 4.74 Å². The molecule has 196 valence electrons. The molecule has 0 spiro atoms. The van der Waals surface area contributed by atoms with E-state index in [2.05, 4.69) is 5.32 Å². The molecule has 2 fully saturated rings. The zero-order valence-electron chi connectivity index (χ0n) is 19.5. The lowest BCUT2D eigenvalue weighted by Gasteiger charge is -2.40. The Morgan fingerprint density at radius 1 is 0.917 bits per heavy atom. The van der Waals surface area contributed by atoms with Gasteiger partial charge in [-0.25, -0.2) is 0 Å². The fraction of sp³-hybridized carbons (Fsp3) is 0.500. The summed E-state index contributed by atoms with van der Waals surface area (Å²) in [5.41, 5.74) is -2.02. The Kier molecular flexibility index (Phi) is 7.94. The molecular weight excluding hydrogens is 486 g/mol. The van der Waals surface area contributed by atoms with Crippen molar-refractivity contribution in [2.75, 3.05) is 26.2 Å². The molecule has 4 rings (SSSR count). The quantitative estimate of drug-likeness (QED) is 0.527. The van der Waals surface area contributed by atoms with Crippen molar-refractivity contribution < 1.29 is 35.9 Å². The fourth-order valence-corrected chi connectivity index (χ4v) is 4.98. The molecule has 0 aromatic heterocycles. The smallest absolute Gasteiger partial charge is 0.373 e. The molecule has 2 aliphatic heterocycles. The average Bonchev–Trinajstić information content (AvgIpc) is 2.87. The number of rotatable bonds is 5. The Hall–Kier alpha value is -2.59. The number of halogens is 6. The van der Waals surface area contributed by atoms with Gasteiger partial charge in [0.15, 0.2) is 0 Å². The summed E-state index contributed by atoms with van der Waals surface area (Å²) in [6.07, 6.45) is -8.33. The highest BCUT2D eigenvalue weighted by Crippen LogP contribution is 2.37. The van der Waals surface area contributed by atoms with Crippen LogP contribution in [0.2, 0.25) is 0 Å². The first-order valence-corrected chi connectivity index (χ1v) is 12.0. The Morgan fingerprint density at radius 2 is 1.53 bits per heavy atom. The van der Waals surface area contributed by atoms with Crippen LogP contribution in [0.3, 0.4) is 0 Å². The maximum atomic E-state index is 13.2. The summed E-state index contributed by atoms with van der Waals surface area (Å²) in [5, 5.41) is 3.24. The molecule has 2 aromatic carbocycles. The number of hydrogen-bond acceptors (Lipinski definition) is 3. The van der Waals surface area contributed by atoms with Crippen molar-refractivity contribution in [2.45, 2.75) is 50.2 Å². The number of carbonyl (C=O) groups is 1. The van der Waals surface area contributed by atoms with Gasteiger partial charge in [-0.05, 0) is 61.7 Å². The van der Waals surface area contributed by atoms with E-state index in [-0.39, 0.29) is 29.4 Å². The zero-order chi connectivity index (χ0) is 25.9. The molecule has 0 saturated carbocycles. The topological polar surface area (TPSA) is 41.6 Å². The first-order valence-electron chi connectivity index (χ1n) is 12.0. The van der Waals surface area contributed by atoms with Gasteiger partial charge in [0.1, 0.15) is 0 Å². The van der Waals surface area contributed by atoms with E-state index in [1.165, 1.54) is 0 Å². The average molecular weight is 515 g/mol. The number of amides is 1. The van der Waals surface area contributed by atoms with Crippen molar-refractivity contribution in [3.63, 3.8) is 0 Å².